The van der Waals surface area contributed by atoms with E-state index in [0.29, 0.717) is 16.0 Å². The Morgan fingerprint density at radius 3 is 3.00 bits per heavy atom. The number of rotatable bonds is 0. The maximum Gasteiger partial charge on any atom is 0.186 e. The molecule has 0 bridgehead atoms. The molecule has 0 aromatic carbocycles. The Balaban J connectivity index is 2.98. The number of nitrogens with two attached hydrogens (primary N) is 1. The van der Waals surface area contributed by atoms with E-state index in [1.807, 2.05) is 0 Å². The van der Waals surface area contributed by atoms with Crippen LogP contribution in [0.1, 0.15) is 0 Å². The van der Waals surface area contributed by atoms with Gasteiger partial charge in [0.1, 0.15) is 4.60 Å². The molecular weight excluding hydrogens is 337 g/mol. The summed E-state index contributed by atoms with van der Waals surface area (Å²) in [6, 6.07) is 0. The molecule has 0 saturated heterocycles. The van der Waals surface area contributed by atoms with Crippen molar-refractivity contribution in [2.75, 3.05) is 5.73 Å². The maximum atomic E-state index is 5.57. The van der Waals surface area contributed by atoms with Crippen LogP contribution in [0, 0.1) is 3.57 Å². The van der Waals surface area contributed by atoms with Gasteiger partial charge < -0.3 is 10.3 Å². The lowest BCUT2D eigenvalue weighted by Crippen LogP contribution is -1.86. The van der Waals surface area contributed by atoms with Crippen LogP contribution in [0.15, 0.2) is 15.3 Å². The van der Waals surface area contributed by atoms with Crippen LogP contribution in [0.5, 0.6) is 0 Å². The normalized spacial score (nSPS) is 10.8. The van der Waals surface area contributed by atoms with Crippen molar-refractivity contribution in [3.63, 3.8) is 0 Å². The van der Waals surface area contributed by atoms with E-state index in [4.69, 9.17) is 10.3 Å². The molecule has 0 radical (unpaired) electrons. The number of aromatic nitrogens is 2. The van der Waals surface area contributed by atoms with Gasteiger partial charge in [0.15, 0.2) is 11.4 Å². The lowest BCUT2D eigenvalue weighted by Gasteiger charge is -1.92. The third-order valence-electron chi connectivity index (χ3n) is 1.43. The molecule has 0 atom stereocenters. The van der Waals surface area contributed by atoms with Crippen molar-refractivity contribution >= 4 is 55.3 Å². The van der Waals surface area contributed by atoms with Gasteiger partial charge in [0.2, 0.25) is 0 Å². The number of hydrogen-bond donors (Lipinski definition) is 1. The molecule has 0 aliphatic heterocycles. The third kappa shape index (κ3) is 1.09. The minimum Gasteiger partial charge on any atom is -0.380 e. The lowest BCUT2D eigenvalue weighted by molar-refractivity contribution is 0.459. The molecule has 2 aromatic rings. The molecule has 0 unspecified atom stereocenters. The van der Waals surface area contributed by atoms with Crippen LogP contribution in [-0.2, 0) is 0 Å². The number of hydrogen-bond acceptors (Lipinski definition) is 4. The fraction of sp³-hybridized carbons (Fsp3) is 0. The average Bonchev–Trinajstić information content (AvgIpc) is 2.42. The van der Waals surface area contributed by atoms with Crippen molar-refractivity contribution in [3.8, 4) is 0 Å². The molecule has 2 N–H and O–H groups in total. The smallest absolute Gasteiger partial charge is 0.186 e. The molecule has 0 spiro atoms. The van der Waals surface area contributed by atoms with Gasteiger partial charge in [0, 0.05) is 6.20 Å². The van der Waals surface area contributed by atoms with Gasteiger partial charge in [0.25, 0.3) is 0 Å². The SMILES string of the molecule is Nc1noc2c(I)cnc(Br)c12. The van der Waals surface area contributed by atoms with Crippen LogP contribution in [0.3, 0.4) is 0 Å². The van der Waals surface area contributed by atoms with Crippen molar-refractivity contribution in [2.45, 2.75) is 0 Å². The summed E-state index contributed by atoms with van der Waals surface area (Å²) in [5.41, 5.74) is 6.24. The van der Waals surface area contributed by atoms with Crippen LogP contribution >= 0.6 is 38.5 Å². The lowest BCUT2D eigenvalue weighted by atomic mass is 10.3. The van der Waals surface area contributed by atoms with E-state index >= 15 is 0 Å². The van der Waals surface area contributed by atoms with Crippen LogP contribution in [0.2, 0.25) is 0 Å². The van der Waals surface area contributed by atoms with Crippen LogP contribution in [-0.4, -0.2) is 10.1 Å². The first-order chi connectivity index (χ1) is 5.70. The van der Waals surface area contributed by atoms with Gasteiger partial charge in [-0.2, -0.15) is 0 Å². The van der Waals surface area contributed by atoms with Gasteiger partial charge in [-0.15, -0.1) is 0 Å². The van der Waals surface area contributed by atoms with E-state index in [-0.39, 0.29) is 0 Å². The Labute approximate surface area is 89.8 Å². The summed E-state index contributed by atoms with van der Waals surface area (Å²) in [4.78, 5) is 4.07. The molecule has 0 saturated carbocycles. The molecule has 12 heavy (non-hydrogen) atoms. The minimum atomic E-state index is 0.364. The first kappa shape index (κ1) is 8.24. The predicted molar refractivity (Wildman–Crippen MR) is 56.6 cm³/mol. The molecule has 4 nitrogen and oxygen atoms in total. The van der Waals surface area contributed by atoms with Gasteiger partial charge in [-0.25, -0.2) is 4.98 Å². The molecular formula is C6H3BrIN3O. The molecule has 2 aromatic heterocycles. The van der Waals surface area contributed by atoms with E-state index in [1.165, 1.54) is 0 Å². The Hall–Kier alpha value is -0.370. The van der Waals surface area contributed by atoms with E-state index < -0.39 is 0 Å². The zero-order valence-electron chi connectivity index (χ0n) is 5.71. The molecule has 0 amide bonds. The molecule has 2 rings (SSSR count). The quantitative estimate of drug-likeness (QED) is 0.590. The van der Waals surface area contributed by atoms with Gasteiger partial charge in [-0.1, -0.05) is 5.16 Å². The standard InChI is InChI=1S/C6H3BrIN3O/c7-5-3-4(2(8)1-10-5)12-11-6(3)9/h1H,(H2,9,11). The average molecular weight is 340 g/mol. The summed E-state index contributed by atoms with van der Waals surface area (Å²) in [5, 5.41) is 4.38. The molecule has 0 fully saturated rings. The molecule has 6 heteroatoms. The van der Waals surface area contributed by atoms with Gasteiger partial charge in [-0.05, 0) is 38.5 Å². The zero-order valence-corrected chi connectivity index (χ0v) is 9.46. The summed E-state index contributed by atoms with van der Waals surface area (Å²) in [7, 11) is 0. The summed E-state index contributed by atoms with van der Waals surface area (Å²) >= 11 is 5.38. The highest BCUT2D eigenvalue weighted by Gasteiger charge is 2.12. The molecule has 0 aliphatic carbocycles. The van der Waals surface area contributed by atoms with Gasteiger partial charge in [-0.3, -0.25) is 0 Å². The summed E-state index contributed by atoms with van der Waals surface area (Å²) in [6.07, 6.45) is 1.69. The first-order valence-electron chi connectivity index (χ1n) is 3.05. The second-order valence-corrected chi connectivity index (χ2v) is 4.08. The van der Waals surface area contributed by atoms with Crippen molar-refractivity contribution in [1.82, 2.24) is 10.1 Å². The van der Waals surface area contributed by atoms with Crippen molar-refractivity contribution < 1.29 is 4.52 Å². The molecule has 2 heterocycles. The number of halogens is 2. The van der Waals surface area contributed by atoms with Crippen molar-refractivity contribution in [3.05, 3.63) is 14.4 Å². The number of fused-ring (bicyclic) bond motifs is 1. The van der Waals surface area contributed by atoms with Crippen LogP contribution < -0.4 is 5.73 Å². The number of pyridine rings is 1. The van der Waals surface area contributed by atoms with E-state index in [0.717, 1.165) is 8.96 Å². The second-order valence-electron chi connectivity index (χ2n) is 2.17. The Morgan fingerprint density at radius 2 is 2.33 bits per heavy atom. The highest BCUT2D eigenvalue weighted by atomic mass is 127. The van der Waals surface area contributed by atoms with E-state index in [9.17, 15) is 0 Å². The Kier molecular flexibility index (Phi) is 1.95. The zero-order chi connectivity index (χ0) is 8.72. The predicted octanol–water partition coefficient (Wildman–Crippen LogP) is 2.17. The van der Waals surface area contributed by atoms with Crippen molar-refractivity contribution in [1.29, 1.82) is 0 Å². The maximum absolute atomic E-state index is 5.57. The topological polar surface area (TPSA) is 64.9 Å². The third-order valence-corrected chi connectivity index (χ3v) is 2.80. The number of nitrogens with zero attached hydrogens (tertiary/aromatic N) is 2. The second kappa shape index (κ2) is 2.84. The Morgan fingerprint density at radius 1 is 1.58 bits per heavy atom. The van der Waals surface area contributed by atoms with Gasteiger partial charge >= 0.3 is 0 Å². The highest BCUT2D eigenvalue weighted by molar-refractivity contribution is 14.1. The fourth-order valence-electron chi connectivity index (χ4n) is 0.901. The summed E-state index contributed by atoms with van der Waals surface area (Å²) < 4.78 is 6.57. The molecule has 62 valence electrons. The monoisotopic (exact) mass is 339 g/mol. The summed E-state index contributed by atoms with van der Waals surface area (Å²) in [5.74, 6) is 0.364. The summed E-state index contributed by atoms with van der Waals surface area (Å²) in [6.45, 7) is 0. The van der Waals surface area contributed by atoms with E-state index in [1.54, 1.807) is 6.20 Å². The fourth-order valence-corrected chi connectivity index (χ4v) is 1.89. The highest BCUT2D eigenvalue weighted by Crippen LogP contribution is 2.29. The Bertz CT molecular complexity index is 442. The van der Waals surface area contributed by atoms with Crippen molar-refractivity contribution in [2.24, 2.45) is 0 Å². The minimum absolute atomic E-state index is 0.364. The van der Waals surface area contributed by atoms with Crippen LogP contribution in [0.4, 0.5) is 5.82 Å². The van der Waals surface area contributed by atoms with Gasteiger partial charge in [0.05, 0.1) is 8.96 Å². The molecule has 0 aliphatic rings. The van der Waals surface area contributed by atoms with E-state index in [2.05, 4.69) is 48.7 Å². The number of nitrogen functional groups attached to an aromatic ring is 1. The largest absolute Gasteiger partial charge is 0.380 e. The number of anilines is 1. The van der Waals surface area contributed by atoms with Crippen LogP contribution in [0.25, 0.3) is 11.0 Å². The first-order valence-corrected chi connectivity index (χ1v) is 4.92.